The van der Waals surface area contributed by atoms with E-state index in [1.54, 1.807) is 0 Å². The molecule has 1 saturated carbocycles. The maximum atomic E-state index is 12.5. The first kappa shape index (κ1) is 18.9. The van der Waals surface area contributed by atoms with Gasteiger partial charge in [0.25, 0.3) is 5.91 Å². The maximum Gasteiger partial charge on any atom is 0.289 e. The highest BCUT2D eigenvalue weighted by molar-refractivity contribution is 5.90. The van der Waals surface area contributed by atoms with Crippen LogP contribution < -0.4 is 5.32 Å². The summed E-state index contributed by atoms with van der Waals surface area (Å²) < 4.78 is 2.06. The largest absolute Gasteiger partial charge is 0.349 e. The molecular formula is C20H34N6O. The van der Waals surface area contributed by atoms with E-state index in [0.717, 1.165) is 44.5 Å². The van der Waals surface area contributed by atoms with Crippen molar-refractivity contribution < 1.29 is 4.79 Å². The highest BCUT2D eigenvalue weighted by Crippen LogP contribution is 2.30. The van der Waals surface area contributed by atoms with Crippen molar-refractivity contribution >= 4 is 5.91 Å². The van der Waals surface area contributed by atoms with Crippen LogP contribution in [0, 0.1) is 11.8 Å². The average molecular weight is 375 g/mol. The van der Waals surface area contributed by atoms with E-state index in [-0.39, 0.29) is 11.9 Å². The Morgan fingerprint density at radius 1 is 1.11 bits per heavy atom. The van der Waals surface area contributed by atoms with E-state index in [2.05, 4.69) is 43.7 Å². The van der Waals surface area contributed by atoms with Gasteiger partial charge in [-0.3, -0.25) is 14.6 Å². The molecule has 3 heterocycles. The number of rotatable bonds is 5. The second-order valence-electron chi connectivity index (χ2n) is 8.95. The quantitative estimate of drug-likeness (QED) is 0.853. The number of carbonyl (C=O) groups is 1. The van der Waals surface area contributed by atoms with Crippen LogP contribution in [0.3, 0.4) is 0 Å². The molecule has 0 spiro atoms. The molecule has 0 bridgehead atoms. The number of hydrogen-bond donors (Lipinski definition) is 1. The number of nitrogens with one attached hydrogen (secondary N) is 1. The Balaban J connectivity index is 1.43. The second-order valence-corrected chi connectivity index (χ2v) is 8.95. The summed E-state index contributed by atoms with van der Waals surface area (Å²) in [5.74, 6) is 2.66. The smallest absolute Gasteiger partial charge is 0.289 e. The van der Waals surface area contributed by atoms with E-state index in [4.69, 9.17) is 0 Å². The van der Waals surface area contributed by atoms with Crippen molar-refractivity contribution in [2.24, 2.45) is 11.8 Å². The molecule has 1 aromatic rings. The lowest BCUT2D eigenvalue weighted by Gasteiger charge is -2.44. The van der Waals surface area contributed by atoms with E-state index in [0.29, 0.717) is 18.3 Å². The molecule has 7 nitrogen and oxygen atoms in total. The molecule has 3 aliphatic rings. The number of amides is 1. The van der Waals surface area contributed by atoms with Crippen molar-refractivity contribution in [3.05, 3.63) is 11.6 Å². The Bertz CT molecular complexity index is 651. The van der Waals surface area contributed by atoms with Crippen LogP contribution in [0.2, 0.25) is 0 Å². The van der Waals surface area contributed by atoms with E-state index >= 15 is 0 Å². The molecule has 2 fully saturated rings. The first-order chi connectivity index (χ1) is 13.1. The Kier molecular flexibility index (Phi) is 5.78. The number of hydrogen-bond acceptors (Lipinski definition) is 5. The maximum absolute atomic E-state index is 12.5. The van der Waals surface area contributed by atoms with Gasteiger partial charge in [0.1, 0.15) is 0 Å². The average Bonchev–Trinajstić information content (AvgIpc) is 3.11. The molecule has 4 rings (SSSR count). The predicted octanol–water partition coefficient (Wildman–Crippen LogP) is 1.92. The van der Waals surface area contributed by atoms with Crippen LogP contribution >= 0.6 is 0 Å². The lowest BCUT2D eigenvalue weighted by molar-refractivity contribution is 0.0387. The van der Waals surface area contributed by atoms with Crippen LogP contribution in [-0.4, -0.2) is 69.7 Å². The fourth-order valence-electron chi connectivity index (χ4n) is 4.84. The lowest BCUT2D eigenvalue weighted by Crippen LogP contribution is -2.53. The summed E-state index contributed by atoms with van der Waals surface area (Å²) in [5.41, 5.74) is 0. The number of carbonyl (C=O) groups excluding carboxylic acids is 1. The third kappa shape index (κ3) is 4.19. The van der Waals surface area contributed by atoms with Gasteiger partial charge in [0.2, 0.25) is 5.82 Å². The SMILES string of the molecule is CC(C)CNC(=O)c1nnc2n1CCN1CCN(CC3CCCCC3)C[C@@H]21. The number of aromatic nitrogens is 3. The Morgan fingerprint density at radius 2 is 1.89 bits per heavy atom. The van der Waals surface area contributed by atoms with Gasteiger partial charge < -0.3 is 9.88 Å². The van der Waals surface area contributed by atoms with Crippen molar-refractivity contribution in [3.8, 4) is 0 Å². The Labute approximate surface area is 162 Å². The molecule has 1 aromatic heterocycles. The minimum Gasteiger partial charge on any atom is -0.349 e. The minimum atomic E-state index is -0.0919. The first-order valence-corrected chi connectivity index (χ1v) is 10.8. The lowest BCUT2D eigenvalue weighted by atomic mass is 9.88. The number of nitrogens with zero attached hydrogens (tertiary/aromatic N) is 5. The molecule has 0 aromatic carbocycles. The Hall–Kier alpha value is -1.47. The number of piperazine rings is 1. The minimum absolute atomic E-state index is 0.0919. The molecule has 0 unspecified atom stereocenters. The summed E-state index contributed by atoms with van der Waals surface area (Å²) in [6, 6.07) is 0.273. The van der Waals surface area contributed by atoms with Crippen molar-refractivity contribution in [1.29, 1.82) is 0 Å². The van der Waals surface area contributed by atoms with Crippen molar-refractivity contribution in [3.63, 3.8) is 0 Å². The van der Waals surface area contributed by atoms with Crippen molar-refractivity contribution in [1.82, 2.24) is 29.9 Å². The van der Waals surface area contributed by atoms with Gasteiger partial charge in [-0.05, 0) is 24.7 Å². The summed E-state index contributed by atoms with van der Waals surface area (Å²) in [6.07, 6.45) is 6.99. The highest BCUT2D eigenvalue weighted by atomic mass is 16.2. The van der Waals surface area contributed by atoms with Crippen LogP contribution in [0.1, 0.15) is 68.4 Å². The van der Waals surface area contributed by atoms with Gasteiger partial charge in [-0.25, -0.2) is 0 Å². The fourth-order valence-corrected chi connectivity index (χ4v) is 4.84. The second kappa shape index (κ2) is 8.27. The monoisotopic (exact) mass is 374 g/mol. The van der Waals surface area contributed by atoms with Crippen LogP contribution in [0.5, 0.6) is 0 Å². The van der Waals surface area contributed by atoms with E-state index < -0.39 is 0 Å². The summed E-state index contributed by atoms with van der Waals surface area (Å²) in [4.78, 5) is 17.7. The predicted molar refractivity (Wildman–Crippen MR) is 105 cm³/mol. The van der Waals surface area contributed by atoms with Crippen LogP contribution in [-0.2, 0) is 6.54 Å². The van der Waals surface area contributed by atoms with Gasteiger partial charge >= 0.3 is 0 Å². The molecule has 27 heavy (non-hydrogen) atoms. The van der Waals surface area contributed by atoms with Gasteiger partial charge in [0.05, 0.1) is 6.04 Å². The first-order valence-electron chi connectivity index (χ1n) is 10.8. The molecule has 1 amide bonds. The molecule has 1 N–H and O–H groups in total. The van der Waals surface area contributed by atoms with Gasteiger partial charge in [-0.1, -0.05) is 33.1 Å². The standard InChI is InChI=1S/C20H34N6O/c1-15(2)12-21-20(27)19-23-22-18-17-14-24(13-16-6-4-3-5-7-16)8-9-25(17)10-11-26(18)19/h15-17H,3-14H2,1-2H3,(H,21,27)/t17-/m0/s1. The molecule has 1 aliphatic carbocycles. The van der Waals surface area contributed by atoms with Crippen LogP contribution in [0.25, 0.3) is 0 Å². The van der Waals surface area contributed by atoms with E-state index in [1.165, 1.54) is 38.6 Å². The van der Waals surface area contributed by atoms with Crippen LogP contribution in [0.4, 0.5) is 0 Å². The summed E-state index contributed by atoms with van der Waals surface area (Å²) >= 11 is 0. The number of fused-ring (bicyclic) bond motifs is 3. The third-order valence-corrected chi connectivity index (χ3v) is 6.38. The third-order valence-electron chi connectivity index (χ3n) is 6.38. The summed E-state index contributed by atoms with van der Waals surface area (Å²) in [5, 5.41) is 11.7. The zero-order valence-electron chi connectivity index (χ0n) is 16.9. The Morgan fingerprint density at radius 3 is 2.67 bits per heavy atom. The molecule has 2 aliphatic heterocycles. The van der Waals surface area contributed by atoms with Crippen molar-refractivity contribution in [2.75, 3.05) is 39.3 Å². The zero-order chi connectivity index (χ0) is 18.8. The summed E-state index contributed by atoms with van der Waals surface area (Å²) in [6.45, 7) is 11.2. The summed E-state index contributed by atoms with van der Waals surface area (Å²) in [7, 11) is 0. The molecule has 150 valence electrons. The van der Waals surface area contributed by atoms with Gasteiger partial charge in [0.15, 0.2) is 5.82 Å². The molecule has 0 radical (unpaired) electrons. The molecule has 1 atom stereocenters. The fraction of sp³-hybridized carbons (Fsp3) is 0.850. The zero-order valence-corrected chi connectivity index (χ0v) is 16.9. The van der Waals surface area contributed by atoms with Gasteiger partial charge in [-0.15, -0.1) is 10.2 Å². The van der Waals surface area contributed by atoms with E-state index in [9.17, 15) is 4.79 Å². The normalized spacial score (nSPS) is 24.6. The van der Waals surface area contributed by atoms with Gasteiger partial charge in [-0.2, -0.15) is 0 Å². The molecule has 7 heteroatoms. The van der Waals surface area contributed by atoms with Gasteiger partial charge in [0, 0.05) is 45.8 Å². The molecule has 1 saturated heterocycles. The van der Waals surface area contributed by atoms with Crippen molar-refractivity contribution in [2.45, 2.75) is 58.5 Å². The van der Waals surface area contributed by atoms with Crippen LogP contribution in [0.15, 0.2) is 0 Å². The van der Waals surface area contributed by atoms with E-state index in [1.807, 2.05) is 0 Å². The molecular weight excluding hydrogens is 340 g/mol. The topological polar surface area (TPSA) is 66.3 Å². The highest BCUT2D eigenvalue weighted by Gasteiger charge is 2.37.